The highest BCUT2D eigenvalue weighted by Crippen LogP contribution is 2.53. The Morgan fingerprint density at radius 1 is 0.816 bits per heavy atom. The molecule has 2 aromatic rings. The molecule has 0 bridgehead atoms. The van der Waals surface area contributed by atoms with Crippen molar-refractivity contribution < 1.29 is 47.8 Å². The van der Waals surface area contributed by atoms with Crippen LogP contribution in [-0.2, 0) is 44.5 Å². The van der Waals surface area contributed by atoms with Gasteiger partial charge in [0.25, 0.3) is 0 Å². The van der Waals surface area contributed by atoms with Crippen molar-refractivity contribution >= 4 is 47.1 Å². The first kappa shape index (κ1) is 62.2. The highest BCUT2D eigenvalue weighted by atomic mass is 16.5. The van der Waals surface area contributed by atoms with Gasteiger partial charge in [0.2, 0.25) is 29.5 Å². The number of Topliss-reactive ketones (excluding diaryl/α,β-unsaturated/α-hetero) is 2. The van der Waals surface area contributed by atoms with Gasteiger partial charge in [0.15, 0.2) is 23.1 Å². The van der Waals surface area contributed by atoms with Gasteiger partial charge in [-0.3, -0.25) is 38.6 Å². The van der Waals surface area contributed by atoms with Crippen LogP contribution in [0.2, 0.25) is 0 Å². The van der Waals surface area contributed by atoms with Crippen LogP contribution in [0.5, 0.6) is 23.0 Å². The molecule has 2 aliphatic rings. The highest BCUT2D eigenvalue weighted by Gasteiger charge is 2.55. The number of rotatable bonds is 30. The molecule has 2 heterocycles. The zero-order valence-corrected chi connectivity index (χ0v) is 46.1. The molecule has 5 amide bonds. The molecule has 422 valence electrons. The average molecular weight is 1060 g/mol. The van der Waals surface area contributed by atoms with Crippen molar-refractivity contribution in [3.05, 3.63) is 47.0 Å². The predicted octanol–water partition coefficient (Wildman–Crippen LogP) is 1.72. The fraction of sp³-hybridized carbons (Fsp3) is 0.630. The van der Waals surface area contributed by atoms with Gasteiger partial charge in [-0.15, -0.1) is 0 Å². The average Bonchev–Trinajstić information content (AvgIpc) is 3.88. The molecule has 2 aromatic carbocycles. The number of aliphatic imine (C=N–C) groups is 1. The van der Waals surface area contributed by atoms with E-state index in [1.54, 1.807) is 32.0 Å². The van der Waals surface area contributed by atoms with Crippen LogP contribution in [0, 0.1) is 11.8 Å². The Balaban J connectivity index is 1.96. The topological polar surface area (TPSA) is 367 Å². The van der Waals surface area contributed by atoms with E-state index in [-0.39, 0.29) is 80.7 Å². The van der Waals surface area contributed by atoms with E-state index in [1.807, 2.05) is 33.8 Å². The van der Waals surface area contributed by atoms with Gasteiger partial charge >= 0.3 is 0 Å². The quantitative estimate of drug-likeness (QED) is 0.0230. The number of nitrogens with two attached hydrogens (primary N) is 6. The molecule has 76 heavy (non-hydrogen) atoms. The number of nitrogens with zero attached hydrogens (tertiary/aromatic N) is 2. The van der Waals surface area contributed by atoms with E-state index in [0.717, 1.165) is 0 Å². The summed E-state index contributed by atoms with van der Waals surface area (Å²) in [7, 11) is 2.92. The Hall–Kier alpha value is -6.36. The third-order valence-electron chi connectivity index (χ3n) is 14.7. The number of hydrogen-bond donors (Lipinski definition) is 10. The van der Waals surface area contributed by atoms with Crippen LogP contribution in [0.25, 0.3) is 0 Å². The van der Waals surface area contributed by atoms with E-state index in [9.17, 15) is 19.2 Å². The monoisotopic (exact) mass is 1060 g/mol. The number of ketones is 2. The van der Waals surface area contributed by atoms with E-state index in [1.165, 1.54) is 32.1 Å². The maximum Gasteiger partial charge on any atom is 0.244 e. The largest absolute Gasteiger partial charge is 0.497 e. The minimum Gasteiger partial charge on any atom is -0.497 e. The molecular formula is C54H86N12O10. The maximum absolute atomic E-state index is 16.3. The first-order valence-corrected chi connectivity index (χ1v) is 26.6. The van der Waals surface area contributed by atoms with Crippen molar-refractivity contribution in [2.45, 2.75) is 166 Å². The van der Waals surface area contributed by atoms with Crippen LogP contribution in [-0.4, -0.2) is 129 Å². The number of unbranched alkanes of at least 4 members (excludes halogenated alkanes) is 2. The molecule has 2 aliphatic heterocycles. The van der Waals surface area contributed by atoms with Gasteiger partial charge < -0.3 is 74.8 Å². The number of hydrogen-bond acceptors (Lipinski definition) is 15. The van der Waals surface area contributed by atoms with Crippen molar-refractivity contribution in [2.75, 3.05) is 40.4 Å². The number of fused-ring (bicyclic) bond motifs is 2. The fourth-order valence-electron chi connectivity index (χ4n) is 9.97. The number of guanidine groups is 1. The number of likely N-dealkylation sites (tertiary alicyclic amines) is 1. The molecule has 22 heteroatoms. The van der Waals surface area contributed by atoms with Gasteiger partial charge in [-0.2, -0.15) is 0 Å². The lowest BCUT2D eigenvalue weighted by molar-refractivity contribution is -0.146. The third kappa shape index (κ3) is 14.8. The van der Waals surface area contributed by atoms with Gasteiger partial charge in [0.1, 0.15) is 41.1 Å². The molecule has 1 saturated heterocycles. The van der Waals surface area contributed by atoms with E-state index in [4.69, 9.17) is 48.6 Å². The molecule has 8 atom stereocenters. The van der Waals surface area contributed by atoms with Crippen molar-refractivity contribution in [1.82, 2.24) is 26.2 Å². The van der Waals surface area contributed by atoms with Crippen LogP contribution in [0.15, 0.2) is 35.3 Å². The number of ether oxygens (including phenoxy) is 3. The Labute approximate surface area is 447 Å². The minimum atomic E-state index is -2.62. The summed E-state index contributed by atoms with van der Waals surface area (Å²) in [5.74, 6) is -4.65. The normalized spacial score (nSPS) is 17.7. The van der Waals surface area contributed by atoms with Crippen LogP contribution in [0.3, 0.4) is 0 Å². The number of benzene rings is 2. The van der Waals surface area contributed by atoms with Gasteiger partial charge in [0, 0.05) is 47.3 Å². The van der Waals surface area contributed by atoms with Gasteiger partial charge in [-0.25, -0.2) is 0 Å². The smallest absolute Gasteiger partial charge is 0.244 e. The zero-order chi connectivity index (χ0) is 56.7. The lowest BCUT2D eigenvalue weighted by Crippen LogP contribution is -2.66. The Morgan fingerprint density at radius 2 is 1.43 bits per heavy atom. The van der Waals surface area contributed by atoms with Crippen LogP contribution in [0.4, 0.5) is 0 Å². The molecule has 0 aliphatic carbocycles. The van der Waals surface area contributed by atoms with Crippen molar-refractivity contribution in [3.63, 3.8) is 0 Å². The van der Waals surface area contributed by atoms with Crippen molar-refractivity contribution in [1.29, 1.82) is 0 Å². The lowest BCUT2D eigenvalue weighted by Gasteiger charge is -2.42. The summed E-state index contributed by atoms with van der Waals surface area (Å²) in [5, 5.41) is 11.3. The number of carbonyl (C=O) groups is 7. The summed E-state index contributed by atoms with van der Waals surface area (Å²) >= 11 is 0. The van der Waals surface area contributed by atoms with Gasteiger partial charge in [-0.05, 0) is 102 Å². The summed E-state index contributed by atoms with van der Waals surface area (Å²) in [6.45, 7) is 13.0. The summed E-state index contributed by atoms with van der Waals surface area (Å²) in [5.41, 5.74) is 32.9. The van der Waals surface area contributed by atoms with Gasteiger partial charge in [-0.1, -0.05) is 60.5 Å². The number of methoxy groups -OCH3 is 2. The SMILES string of the molecule is CC[C@H](C)[C@H](N)C(=O)N[C@H](C(=O)N[C@@H](CCCN=C(N)N)C(=O)N[C@@H](CCCCN)C(=O)C(NC(=O)[C@@H]1CCCN1C(=O)[C@@H](N)CCCCN)(C(C)=O)c1cc(OC)cc2c1C(C)(C)c1ccc(OC)cc1O2)C(C)C. The van der Waals surface area contributed by atoms with E-state index >= 15 is 14.4 Å². The van der Waals surface area contributed by atoms with Crippen LogP contribution in [0.1, 0.15) is 136 Å². The Morgan fingerprint density at radius 3 is 2.03 bits per heavy atom. The Kier molecular flexibility index (Phi) is 23.0. The summed E-state index contributed by atoms with van der Waals surface area (Å²) in [6.07, 6.45) is 3.51. The van der Waals surface area contributed by atoms with E-state index < -0.39 is 94.2 Å². The predicted molar refractivity (Wildman–Crippen MR) is 290 cm³/mol. The molecule has 22 nitrogen and oxygen atoms in total. The lowest BCUT2D eigenvalue weighted by atomic mass is 9.67. The number of carbonyl (C=O) groups excluding carboxylic acids is 7. The highest BCUT2D eigenvalue weighted by molar-refractivity contribution is 6.17. The molecule has 0 aromatic heterocycles. The zero-order valence-electron chi connectivity index (χ0n) is 46.1. The van der Waals surface area contributed by atoms with Crippen molar-refractivity contribution in [2.24, 2.45) is 51.2 Å². The summed E-state index contributed by atoms with van der Waals surface area (Å²) in [4.78, 5) is 109. The van der Waals surface area contributed by atoms with Crippen LogP contribution >= 0.6 is 0 Å². The first-order valence-electron chi connectivity index (χ1n) is 26.6. The van der Waals surface area contributed by atoms with Gasteiger partial charge in [0.05, 0.1) is 32.3 Å². The minimum absolute atomic E-state index is 0.000181. The number of nitrogens with one attached hydrogen (secondary N) is 4. The molecule has 4 rings (SSSR count). The second-order valence-corrected chi connectivity index (χ2v) is 20.9. The van der Waals surface area contributed by atoms with E-state index in [2.05, 4.69) is 26.3 Å². The van der Waals surface area contributed by atoms with Crippen LogP contribution < -0.4 is 69.9 Å². The molecule has 1 unspecified atom stereocenters. The molecular weight excluding hydrogens is 977 g/mol. The number of amides is 5. The molecule has 1 fully saturated rings. The third-order valence-corrected chi connectivity index (χ3v) is 14.7. The summed E-state index contributed by atoms with van der Waals surface area (Å²) in [6, 6.07) is 1.37. The second-order valence-electron chi connectivity index (χ2n) is 20.9. The molecule has 0 radical (unpaired) electrons. The van der Waals surface area contributed by atoms with Crippen molar-refractivity contribution in [3.8, 4) is 23.0 Å². The fourth-order valence-corrected chi connectivity index (χ4v) is 9.97. The standard InChI is InChI=1S/C54H86N12O10/c1-10-31(4)44(58)49(71)64-45(30(2)3)50(72)63-39(19-15-25-61-52(59)60)47(69)62-38(18-12-14-24-56)46(68)54(32(5)67,65-48(70)40-20-16-26-66(40)51(73)37(57)17-11-13-23-55)36-27-34(75-9)29-42-43(36)53(6,7)35-22-21-33(74-8)28-41(35)76-42/h21-22,27-31,37-40,44-45H,10-20,23-26,55-58H2,1-9H3,(H,62,69)(H,63,72)(H,64,71)(H,65,70)(H4,59,60,61)/t31-,37-,38-,39-,40-,44-,45-,54?/m0/s1. The molecule has 16 N–H and O–H groups in total. The second kappa shape index (κ2) is 28.1. The first-order chi connectivity index (χ1) is 35.9. The maximum atomic E-state index is 16.3. The molecule has 0 spiro atoms. The van der Waals surface area contributed by atoms with E-state index in [0.29, 0.717) is 67.7 Å². The Bertz CT molecular complexity index is 2410. The molecule has 0 saturated carbocycles. The summed E-state index contributed by atoms with van der Waals surface area (Å²) < 4.78 is 17.9.